The van der Waals surface area contributed by atoms with Crippen LogP contribution in [-0.2, 0) is 0 Å². The van der Waals surface area contributed by atoms with E-state index in [1.54, 1.807) is 12.4 Å². The molecule has 0 saturated carbocycles. The van der Waals surface area contributed by atoms with E-state index in [-0.39, 0.29) is 6.04 Å². The first-order chi connectivity index (χ1) is 9.25. The first kappa shape index (κ1) is 12.2. The Balaban J connectivity index is 1.92. The fourth-order valence-corrected chi connectivity index (χ4v) is 3.21. The first-order valence-electron chi connectivity index (χ1n) is 5.49. The number of carbonyl (C=O) groups is 1. The standard InChI is InChI=1S/C10H9N5O2S2/c16-10(17)15-2-1-6(8-4-11-13-18-8)3-7(15)9-5-12-14-19-9/h1,4-5,7H,2-3H2,(H,16,17). The van der Waals surface area contributed by atoms with Gasteiger partial charge in [-0.1, -0.05) is 15.1 Å². The van der Waals surface area contributed by atoms with Crippen LogP contribution in [0.5, 0.6) is 0 Å². The summed E-state index contributed by atoms with van der Waals surface area (Å²) in [6.07, 6.45) is 4.90. The Labute approximate surface area is 116 Å². The summed E-state index contributed by atoms with van der Waals surface area (Å²) in [5, 5.41) is 16.9. The molecule has 3 rings (SSSR count). The van der Waals surface area contributed by atoms with E-state index in [4.69, 9.17) is 0 Å². The van der Waals surface area contributed by atoms with Crippen LogP contribution >= 0.6 is 23.1 Å². The van der Waals surface area contributed by atoms with Gasteiger partial charge in [-0.3, -0.25) is 4.90 Å². The van der Waals surface area contributed by atoms with E-state index in [9.17, 15) is 9.90 Å². The number of rotatable bonds is 2. The zero-order chi connectivity index (χ0) is 13.2. The maximum atomic E-state index is 11.3. The second-order valence-corrected chi connectivity index (χ2v) is 5.59. The van der Waals surface area contributed by atoms with Crippen LogP contribution in [0.15, 0.2) is 18.5 Å². The van der Waals surface area contributed by atoms with Crippen LogP contribution in [0.1, 0.15) is 22.2 Å². The highest BCUT2D eigenvalue weighted by atomic mass is 32.1. The largest absolute Gasteiger partial charge is 0.465 e. The van der Waals surface area contributed by atoms with Crippen LogP contribution in [0, 0.1) is 0 Å². The van der Waals surface area contributed by atoms with E-state index in [0.717, 1.165) is 15.3 Å². The highest BCUT2D eigenvalue weighted by molar-refractivity contribution is 7.06. The normalized spacial score (nSPS) is 19.3. The summed E-state index contributed by atoms with van der Waals surface area (Å²) in [4.78, 5) is 14.5. The van der Waals surface area contributed by atoms with Gasteiger partial charge < -0.3 is 5.11 Å². The molecular formula is C10H9N5O2S2. The molecule has 1 N–H and O–H groups in total. The van der Waals surface area contributed by atoms with Gasteiger partial charge in [-0.15, -0.1) is 10.2 Å². The quantitative estimate of drug-likeness (QED) is 0.909. The molecule has 1 amide bonds. The lowest BCUT2D eigenvalue weighted by Gasteiger charge is -2.31. The van der Waals surface area contributed by atoms with E-state index in [0.29, 0.717) is 13.0 Å². The molecule has 1 atom stereocenters. The maximum Gasteiger partial charge on any atom is 0.408 e. The van der Waals surface area contributed by atoms with Crippen molar-refractivity contribution in [3.05, 3.63) is 28.2 Å². The molecule has 0 aromatic carbocycles. The van der Waals surface area contributed by atoms with Crippen molar-refractivity contribution in [3.63, 3.8) is 0 Å². The third-order valence-corrected chi connectivity index (χ3v) is 4.46. The number of amides is 1. The SMILES string of the molecule is O=C(O)N1CC=C(c2cnns2)CC1c1cnns1. The van der Waals surface area contributed by atoms with Crippen molar-refractivity contribution < 1.29 is 9.90 Å². The summed E-state index contributed by atoms with van der Waals surface area (Å²) in [5.74, 6) is 0. The molecule has 0 radical (unpaired) electrons. The number of carboxylic acid groups (broad SMARTS) is 1. The van der Waals surface area contributed by atoms with Crippen molar-refractivity contribution in [1.29, 1.82) is 0 Å². The maximum absolute atomic E-state index is 11.3. The van der Waals surface area contributed by atoms with Gasteiger partial charge in [-0.05, 0) is 35.1 Å². The molecule has 2 aromatic heterocycles. The van der Waals surface area contributed by atoms with Crippen LogP contribution in [0.2, 0.25) is 0 Å². The Kier molecular flexibility index (Phi) is 3.22. The molecule has 7 nitrogen and oxygen atoms in total. The van der Waals surface area contributed by atoms with Crippen molar-refractivity contribution in [3.8, 4) is 0 Å². The Bertz CT molecular complexity index is 595. The van der Waals surface area contributed by atoms with Gasteiger partial charge in [0.1, 0.15) is 0 Å². The molecule has 2 aromatic rings. The van der Waals surface area contributed by atoms with E-state index in [1.807, 2.05) is 6.08 Å². The molecule has 3 heterocycles. The summed E-state index contributed by atoms with van der Waals surface area (Å²) in [7, 11) is 0. The van der Waals surface area contributed by atoms with Gasteiger partial charge in [-0.25, -0.2) is 4.79 Å². The van der Waals surface area contributed by atoms with Crippen LogP contribution in [0.4, 0.5) is 4.79 Å². The predicted molar refractivity (Wildman–Crippen MR) is 69.9 cm³/mol. The number of hydrogen-bond donors (Lipinski definition) is 1. The second-order valence-electron chi connectivity index (χ2n) is 3.99. The molecule has 1 aliphatic heterocycles. The Morgan fingerprint density at radius 1 is 1.32 bits per heavy atom. The van der Waals surface area contributed by atoms with Gasteiger partial charge in [0.05, 0.1) is 28.2 Å². The Morgan fingerprint density at radius 3 is 2.74 bits per heavy atom. The van der Waals surface area contributed by atoms with Gasteiger partial charge in [-0.2, -0.15) is 0 Å². The molecule has 0 fully saturated rings. The molecule has 9 heteroatoms. The molecule has 0 bridgehead atoms. The van der Waals surface area contributed by atoms with Gasteiger partial charge in [0.2, 0.25) is 0 Å². The highest BCUT2D eigenvalue weighted by Crippen LogP contribution is 2.37. The third kappa shape index (κ3) is 2.34. The summed E-state index contributed by atoms with van der Waals surface area (Å²) in [6.45, 7) is 0.352. The zero-order valence-corrected chi connectivity index (χ0v) is 11.3. The van der Waals surface area contributed by atoms with E-state index < -0.39 is 6.09 Å². The van der Waals surface area contributed by atoms with E-state index in [1.165, 1.54) is 28.0 Å². The van der Waals surface area contributed by atoms with Gasteiger partial charge in [0, 0.05) is 6.54 Å². The second kappa shape index (κ2) is 5.02. The molecule has 98 valence electrons. The summed E-state index contributed by atoms with van der Waals surface area (Å²) in [6, 6.07) is -0.236. The minimum atomic E-state index is -0.934. The fraction of sp³-hybridized carbons (Fsp3) is 0.300. The van der Waals surface area contributed by atoms with Crippen molar-refractivity contribution in [1.82, 2.24) is 24.1 Å². The van der Waals surface area contributed by atoms with E-state index in [2.05, 4.69) is 19.2 Å². The smallest absolute Gasteiger partial charge is 0.408 e. The minimum absolute atomic E-state index is 0.236. The van der Waals surface area contributed by atoms with Crippen molar-refractivity contribution >= 4 is 34.7 Å². The molecule has 19 heavy (non-hydrogen) atoms. The molecule has 1 unspecified atom stereocenters. The average molecular weight is 295 g/mol. The van der Waals surface area contributed by atoms with Crippen LogP contribution in [-0.4, -0.2) is 41.8 Å². The minimum Gasteiger partial charge on any atom is -0.465 e. The van der Waals surface area contributed by atoms with Crippen LogP contribution in [0.3, 0.4) is 0 Å². The topological polar surface area (TPSA) is 92.1 Å². The van der Waals surface area contributed by atoms with Gasteiger partial charge in [0.25, 0.3) is 0 Å². The predicted octanol–water partition coefficient (Wildman–Crippen LogP) is 1.90. The molecule has 0 aliphatic carbocycles. The summed E-state index contributed by atoms with van der Waals surface area (Å²) in [5.41, 5.74) is 1.07. The fourth-order valence-electron chi connectivity index (χ4n) is 2.03. The van der Waals surface area contributed by atoms with Crippen molar-refractivity contribution in [2.75, 3.05) is 6.54 Å². The Morgan fingerprint density at radius 2 is 2.11 bits per heavy atom. The molecule has 1 aliphatic rings. The number of hydrogen-bond acceptors (Lipinski definition) is 7. The molecule has 0 saturated heterocycles. The average Bonchev–Trinajstić information content (AvgIpc) is 3.11. The number of aromatic nitrogens is 4. The van der Waals surface area contributed by atoms with Crippen LogP contribution < -0.4 is 0 Å². The summed E-state index contributed by atoms with van der Waals surface area (Å²) >= 11 is 2.54. The van der Waals surface area contributed by atoms with E-state index >= 15 is 0 Å². The lowest BCUT2D eigenvalue weighted by atomic mass is 9.98. The van der Waals surface area contributed by atoms with Crippen molar-refractivity contribution in [2.45, 2.75) is 12.5 Å². The van der Waals surface area contributed by atoms with Gasteiger partial charge in [0.15, 0.2) is 0 Å². The third-order valence-electron chi connectivity index (χ3n) is 2.95. The van der Waals surface area contributed by atoms with Crippen molar-refractivity contribution in [2.24, 2.45) is 0 Å². The zero-order valence-electron chi connectivity index (χ0n) is 9.63. The molecule has 0 spiro atoms. The first-order valence-corrected chi connectivity index (χ1v) is 7.04. The monoisotopic (exact) mass is 295 g/mol. The lowest BCUT2D eigenvalue weighted by Crippen LogP contribution is -2.36. The lowest BCUT2D eigenvalue weighted by molar-refractivity contribution is 0.130. The number of nitrogens with zero attached hydrogens (tertiary/aromatic N) is 5. The summed E-state index contributed by atoms with van der Waals surface area (Å²) < 4.78 is 7.65. The Hall–Kier alpha value is -1.87. The van der Waals surface area contributed by atoms with Crippen LogP contribution in [0.25, 0.3) is 5.57 Å². The van der Waals surface area contributed by atoms with Gasteiger partial charge >= 0.3 is 6.09 Å². The molecular weight excluding hydrogens is 286 g/mol. The highest BCUT2D eigenvalue weighted by Gasteiger charge is 2.30.